The van der Waals surface area contributed by atoms with Crippen LogP contribution in [0.15, 0.2) is 36.5 Å². The fourth-order valence-electron chi connectivity index (χ4n) is 1.04. The zero-order valence-electron chi connectivity index (χ0n) is 9.06. The highest BCUT2D eigenvalue weighted by atomic mass is 14.8. The van der Waals surface area contributed by atoms with Crippen molar-refractivity contribution in [2.24, 2.45) is 5.92 Å². The van der Waals surface area contributed by atoms with Crippen LogP contribution in [0.2, 0.25) is 0 Å². The van der Waals surface area contributed by atoms with E-state index < -0.39 is 0 Å². The summed E-state index contributed by atoms with van der Waals surface area (Å²) in [5.41, 5.74) is 2.37. The van der Waals surface area contributed by atoms with E-state index in [0.29, 0.717) is 5.92 Å². The first-order valence-electron chi connectivity index (χ1n) is 4.76. The molecule has 0 bridgehead atoms. The maximum atomic E-state index is 4.04. The molecule has 0 heterocycles. The molecule has 0 spiro atoms. The van der Waals surface area contributed by atoms with E-state index in [1.807, 2.05) is 20.0 Å². The summed E-state index contributed by atoms with van der Waals surface area (Å²) < 4.78 is 0. The van der Waals surface area contributed by atoms with Crippen molar-refractivity contribution in [1.29, 1.82) is 0 Å². The quantitative estimate of drug-likeness (QED) is 0.618. The Labute approximate surface area is 82.2 Å². The highest BCUT2D eigenvalue weighted by Crippen LogP contribution is 2.15. The van der Waals surface area contributed by atoms with Crippen molar-refractivity contribution in [2.45, 2.75) is 20.3 Å². The molecule has 74 valence electrons. The van der Waals surface area contributed by atoms with Crippen LogP contribution in [0, 0.1) is 5.92 Å². The lowest BCUT2D eigenvalue weighted by molar-refractivity contribution is 0.595. The van der Waals surface area contributed by atoms with E-state index in [2.05, 4.69) is 31.5 Å². The second-order valence-corrected chi connectivity index (χ2v) is 3.46. The molecule has 0 radical (unpaired) electrons. The van der Waals surface area contributed by atoms with Crippen LogP contribution in [0.1, 0.15) is 20.3 Å². The minimum Gasteiger partial charge on any atom is -0.320 e. The Morgan fingerprint density at radius 3 is 2.62 bits per heavy atom. The molecule has 0 fully saturated rings. The first kappa shape index (κ1) is 12.2. The molecule has 0 rings (SSSR count). The summed E-state index contributed by atoms with van der Waals surface area (Å²) in [6.45, 7) is 13.0. The lowest BCUT2D eigenvalue weighted by Gasteiger charge is -2.11. The van der Waals surface area contributed by atoms with E-state index >= 15 is 0 Å². The van der Waals surface area contributed by atoms with Gasteiger partial charge >= 0.3 is 0 Å². The van der Waals surface area contributed by atoms with Gasteiger partial charge in [-0.2, -0.15) is 0 Å². The topological polar surface area (TPSA) is 12.0 Å². The van der Waals surface area contributed by atoms with Gasteiger partial charge in [-0.1, -0.05) is 43.4 Å². The summed E-state index contributed by atoms with van der Waals surface area (Å²) in [6.07, 6.45) is 5.10. The van der Waals surface area contributed by atoms with Crippen LogP contribution in [0.3, 0.4) is 0 Å². The van der Waals surface area contributed by atoms with Crippen molar-refractivity contribution in [3.05, 3.63) is 36.5 Å². The predicted octanol–water partition coefficient (Wildman–Crippen LogP) is 2.92. The average Bonchev–Trinajstić information content (AvgIpc) is 2.13. The number of allylic oxidation sites excluding steroid dienone is 4. The summed E-state index contributed by atoms with van der Waals surface area (Å²) >= 11 is 0. The molecule has 13 heavy (non-hydrogen) atoms. The van der Waals surface area contributed by atoms with E-state index in [-0.39, 0.29) is 0 Å². The molecule has 0 saturated heterocycles. The summed E-state index contributed by atoms with van der Waals surface area (Å²) in [5, 5.41) is 3.14. The van der Waals surface area contributed by atoms with Crippen LogP contribution in [0.4, 0.5) is 0 Å². The molecule has 0 aromatic heterocycles. The number of hydrogen-bond donors (Lipinski definition) is 1. The number of nitrogens with one attached hydrogen (secondary N) is 1. The van der Waals surface area contributed by atoms with E-state index in [4.69, 9.17) is 0 Å². The zero-order chi connectivity index (χ0) is 10.3. The molecular formula is C12H21N. The second-order valence-electron chi connectivity index (χ2n) is 3.46. The van der Waals surface area contributed by atoms with E-state index in [9.17, 15) is 0 Å². The average molecular weight is 179 g/mol. The maximum Gasteiger partial charge on any atom is -0.00462 e. The van der Waals surface area contributed by atoms with Crippen molar-refractivity contribution in [2.75, 3.05) is 13.6 Å². The van der Waals surface area contributed by atoms with Crippen molar-refractivity contribution >= 4 is 0 Å². The van der Waals surface area contributed by atoms with Gasteiger partial charge in [0.2, 0.25) is 0 Å². The molecule has 0 aromatic carbocycles. The predicted molar refractivity (Wildman–Crippen MR) is 60.8 cm³/mol. The summed E-state index contributed by atoms with van der Waals surface area (Å²) in [4.78, 5) is 0. The molecule has 1 atom stereocenters. The van der Waals surface area contributed by atoms with Gasteiger partial charge in [-0.25, -0.2) is 0 Å². The Bertz CT molecular complexity index is 201. The third-order valence-corrected chi connectivity index (χ3v) is 2.20. The normalized spacial score (nSPS) is 13.9. The van der Waals surface area contributed by atoms with Gasteiger partial charge in [-0.15, -0.1) is 0 Å². The first-order chi connectivity index (χ1) is 6.11. The molecule has 1 unspecified atom stereocenters. The summed E-state index contributed by atoms with van der Waals surface area (Å²) in [5.74, 6) is 0.544. The van der Waals surface area contributed by atoms with Crippen LogP contribution < -0.4 is 5.32 Å². The third kappa shape index (κ3) is 5.42. The number of rotatable bonds is 6. The minimum atomic E-state index is 0.544. The van der Waals surface area contributed by atoms with E-state index in [0.717, 1.165) is 13.0 Å². The van der Waals surface area contributed by atoms with Crippen LogP contribution in [-0.4, -0.2) is 13.6 Å². The van der Waals surface area contributed by atoms with E-state index in [1.54, 1.807) is 0 Å². The Hall–Kier alpha value is -0.820. The Morgan fingerprint density at radius 1 is 1.54 bits per heavy atom. The molecule has 1 heteroatoms. The monoisotopic (exact) mass is 179 g/mol. The molecule has 0 aliphatic carbocycles. The Morgan fingerprint density at radius 2 is 2.15 bits per heavy atom. The van der Waals surface area contributed by atoms with Crippen LogP contribution in [0.5, 0.6) is 0 Å². The fraction of sp³-hybridized carbons (Fsp3) is 0.500. The smallest absolute Gasteiger partial charge is 0.00462 e. The van der Waals surface area contributed by atoms with Crippen LogP contribution >= 0.6 is 0 Å². The molecular weight excluding hydrogens is 158 g/mol. The molecule has 1 N–H and O–H groups in total. The lowest BCUT2D eigenvalue weighted by atomic mass is 9.97. The Kier molecular flexibility index (Phi) is 6.25. The highest BCUT2D eigenvalue weighted by Gasteiger charge is 2.02. The van der Waals surface area contributed by atoms with Gasteiger partial charge in [-0.05, 0) is 32.9 Å². The Balaban J connectivity index is 4.03. The third-order valence-electron chi connectivity index (χ3n) is 2.20. The van der Waals surface area contributed by atoms with Gasteiger partial charge < -0.3 is 5.32 Å². The maximum absolute atomic E-state index is 4.04. The molecule has 1 nitrogen and oxygen atoms in total. The van der Waals surface area contributed by atoms with Gasteiger partial charge in [-0.3, -0.25) is 0 Å². The molecule has 0 aliphatic rings. The summed E-state index contributed by atoms with van der Waals surface area (Å²) in [6, 6.07) is 0. The van der Waals surface area contributed by atoms with Crippen molar-refractivity contribution in [1.82, 2.24) is 5.32 Å². The fourth-order valence-corrected chi connectivity index (χ4v) is 1.04. The van der Waals surface area contributed by atoms with Crippen molar-refractivity contribution in [3.8, 4) is 0 Å². The SMILES string of the molecule is C=C/C(C)=C\C(=C)C(C)CCNC. The largest absolute Gasteiger partial charge is 0.320 e. The van der Waals surface area contributed by atoms with Crippen LogP contribution in [0.25, 0.3) is 0 Å². The lowest BCUT2D eigenvalue weighted by Crippen LogP contribution is -2.12. The van der Waals surface area contributed by atoms with E-state index in [1.165, 1.54) is 11.1 Å². The first-order valence-corrected chi connectivity index (χ1v) is 4.76. The highest BCUT2D eigenvalue weighted by molar-refractivity contribution is 5.27. The van der Waals surface area contributed by atoms with Crippen molar-refractivity contribution in [3.63, 3.8) is 0 Å². The molecule has 0 aliphatic heterocycles. The van der Waals surface area contributed by atoms with Gasteiger partial charge in [0.1, 0.15) is 0 Å². The molecule has 0 saturated carbocycles. The number of hydrogen-bond acceptors (Lipinski definition) is 1. The zero-order valence-corrected chi connectivity index (χ0v) is 9.06. The molecule has 0 aromatic rings. The summed E-state index contributed by atoms with van der Waals surface area (Å²) in [7, 11) is 1.97. The second kappa shape index (κ2) is 6.67. The minimum absolute atomic E-state index is 0.544. The van der Waals surface area contributed by atoms with Gasteiger partial charge in [0, 0.05) is 0 Å². The molecule has 0 amide bonds. The van der Waals surface area contributed by atoms with Gasteiger partial charge in [0.15, 0.2) is 0 Å². The standard InChI is InChI=1S/C12H21N/c1-6-10(2)9-12(4)11(3)7-8-13-5/h6,9,11,13H,1,4,7-8H2,2-3,5H3/b10-9-. The van der Waals surface area contributed by atoms with Crippen molar-refractivity contribution < 1.29 is 0 Å². The van der Waals surface area contributed by atoms with Gasteiger partial charge in [0.25, 0.3) is 0 Å². The van der Waals surface area contributed by atoms with Gasteiger partial charge in [0.05, 0.1) is 0 Å². The van der Waals surface area contributed by atoms with Crippen LogP contribution in [-0.2, 0) is 0 Å².